The van der Waals surface area contributed by atoms with Gasteiger partial charge in [-0.2, -0.15) is 5.10 Å². The zero-order chi connectivity index (χ0) is 23.7. The number of hydrogen-bond acceptors (Lipinski definition) is 3. The van der Waals surface area contributed by atoms with Crippen molar-refractivity contribution in [2.45, 2.75) is 19.9 Å². The summed E-state index contributed by atoms with van der Waals surface area (Å²) in [4.78, 5) is 20.8. The summed E-state index contributed by atoms with van der Waals surface area (Å²) in [6.45, 7) is 2.23. The zero-order valence-electron chi connectivity index (χ0n) is 18.3. The lowest BCUT2D eigenvalue weighted by Gasteiger charge is -2.06. The fourth-order valence-electron chi connectivity index (χ4n) is 3.91. The van der Waals surface area contributed by atoms with Gasteiger partial charge in [0.1, 0.15) is 16.8 Å². The number of carbonyl (C=O) groups excluding carboxylic acids is 1. The van der Waals surface area contributed by atoms with Crippen LogP contribution in [0.1, 0.15) is 33.0 Å². The molecule has 34 heavy (non-hydrogen) atoms. The number of anilines is 1. The number of imidazole rings is 1. The maximum absolute atomic E-state index is 14.0. The first kappa shape index (κ1) is 21.9. The summed E-state index contributed by atoms with van der Waals surface area (Å²) in [5.41, 5.74) is 4.55. The van der Waals surface area contributed by atoms with Gasteiger partial charge >= 0.3 is 0 Å². The number of aromatic nitrogens is 4. The van der Waals surface area contributed by atoms with Crippen molar-refractivity contribution in [1.82, 2.24) is 19.7 Å². The van der Waals surface area contributed by atoms with E-state index >= 15 is 0 Å². The number of nitrogens with zero attached hydrogens (tertiary/aromatic N) is 3. The van der Waals surface area contributed by atoms with Crippen molar-refractivity contribution in [3.05, 3.63) is 112 Å². The molecular weight excluding hydrogens is 453 g/mol. The maximum Gasteiger partial charge on any atom is 0.260 e. The van der Waals surface area contributed by atoms with Gasteiger partial charge in [0.2, 0.25) is 0 Å². The second-order valence-corrected chi connectivity index (χ2v) is 8.39. The summed E-state index contributed by atoms with van der Waals surface area (Å²) in [6, 6.07) is 21.8. The summed E-state index contributed by atoms with van der Waals surface area (Å²) >= 11 is 6.52. The molecule has 0 atom stereocenters. The minimum Gasteiger partial charge on any atom is -0.342 e. The monoisotopic (exact) mass is 473 g/mol. The van der Waals surface area contributed by atoms with Crippen molar-refractivity contribution in [3.8, 4) is 0 Å². The number of benzene rings is 3. The van der Waals surface area contributed by atoms with Gasteiger partial charge in [-0.15, -0.1) is 0 Å². The summed E-state index contributed by atoms with van der Waals surface area (Å²) in [5.74, 6) is 0.0351. The Morgan fingerprint density at radius 1 is 1.09 bits per heavy atom. The van der Waals surface area contributed by atoms with Gasteiger partial charge in [-0.3, -0.25) is 4.79 Å². The molecule has 170 valence electrons. The molecule has 0 aliphatic rings. The third-order valence-corrected chi connectivity index (χ3v) is 5.96. The van der Waals surface area contributed by atoms with E-state index in [4.69, 9.17) is 11.6 Å². The first-order valence-electron chi connectivity index (χ1n) is 10.8. The Bertz CT molecular complexity index is 1490. The molecule has 0 bridgehead atoms. The van der Waals surface area contributed by atoms with E-state index in [0.717, 1.165) is 16.6 Å². The predicted octanol–water partition coefficient (Wildman–Crippen LogP) is 5.75. The van der Waals surface area contributed by atoms with Crippen molar-refractivity contribution in [2.24, 2.45) is 0 Å². The SMILES string of the molecule is Cc1nn(Cc2ccccc2)c(Cl)c1C(=O)Nc1ccc2nc(Cc3ccccc3F)[nH]c2c1. The van der Waals surface area contributed by atoms with Crippen LogP contribution in [0.2, 0.25) is 5.15 Å². The Kier molecular flexibility index (Phi) is 5.86. The molecule has 0 saturated carbocycles. The van der Waals surface area contributed by atoms with Crippen LogP contribution < -0.4 is 5.32 Å². The molecule has 5 aromatic rings. The van der Waals surface area contributed by atoms with Crippen molar-refractivity contribution < 1.29 is 9.18 Å². The minimum atomic E-state index is -0.341. The molecule has 6 nitrogen and oxygen atoms in total. The number of nitrogens with one attached hydrogen (secondary N) is 2. The van der Waals surface area contributed by atoms with Crippen LogP contribution in [0.4, 0.5) is 10.1 Å². The lowest BCUT2D eigenvalue weighted by molar-refractivity contribution is 0.102. The average molecular weight is 474 g/mol. The number of rotatable bonds is 6. The number of carbonyl (C=O) groups is 1. The lowest BCUT2D eigenvalue weighted by Crippen LogP contribution is -2.13. The Hall–Kier alpha value is -3.97. The molecule has 0 unspecified atom stereocenters. The molecule has 0 aliphatic carbocycles. The van der Waals surface area contributed by atoms with Gasteiger partial charge in [-0.05, 0) is 42.3 Å². The number of H-pyrrole nitrogens is 1. The lowest BCUT2D eigenvalue weighted by atomic mass is 10.1. The van der Waals surface area contributed by atoms with E-state index in [0.29, 0.717) is 41.3 Å². The first-order valence-corrected chi connectivity index (χ1v) is 11.2. The second kappa shape index (κ2) is 9.11. The van der Waals surface area contributed by atoms with E-state index < -0.39 is 0 Å². The highest BCUT2D eigenvalue weighted by Crippen LogP contribution is 2.24. The molecule has 0 radical (unpaired) electrons. The molecule has 8 heteroatoms. The van der Waals surface area contributed by atoms with E-state index in [-0.39, 0.29) is 16.9 Å². The normalized spacial score (nSPS) is 11.1. The number of aryl methyl sites for hydroxylation is 1. The van der Waals surface area contributed by atoms with Crippen LogP contribution in [0.25, 0.3) is 11.0 Å². The van der Waals surface area contributed by atoms with E-state index in [1.54, 1.807) is 48.0 Å². The molecule has 2 aromatic heterocycles. The highest BCUT2D eigenvalue weighted by molar-refractivity contribution is 6.33. The Labute approximate surface area is 200 Å². The molecule has 0 spiro atoms. The average Bonchev–Trinajstić information content (AvgIpc) is 3.34. The molecule has 1 amide bonds. The predicted molar refractivity (Wildman–Crippen MR) is 131 cm³/mol. The van der Waals surface area contributed by atoms with Gasteiger partial charge in [-0.25, -0.2) is 14.1 Å². The quantitative estimate of drug-likeness (QED) is 0.329. The second-order valence-electron chi connectivity index (χ2n) is 8.03. The Morgan fingerprint density at radius 2 is 1.85 bits per heavy atom. The van der Waals surface area contributed by atoms with Crippen LogP contribution in [-0.4, -0.2) is 25.7 Å². The highest BCUT2D eigenvalue weighted by atomic mass is 35.5. The number of halogens is 2. The van der Waals surface area contributed by atoms with Crippen molar-refractivity contribution in [1.29, 1.82) is 0 Å². The number of fused-ring (bicyclic) bond motifs is 1. The smallest absolute Gasteiger partial charge is 0.260 e. The minimum absolute atomic E-state index is 0.268. The van der Waals surface area contributed by atoms with Crippen molar-refractivity contribution >= 4 is 34.2 Å². The molecular formula is C26H21ClFN5O. The van der Waals surface area contributed by atoms with Crippen LogP contribution in [-0.2, 0) is 13.0 Å². The van der Waals surface area contributed by atoms with Gasteiger partial charge in [0.05, 0.1) is 28.8 Å². The van der Waals surface area contributed by atoms with E-state index in [1.807, 2.05) is 30.3 Å². The Morgan fingerprint density at radius 3 is 2.65 bits per heavy atom. The molecule has 0 fully saturated rings. The number of hydrogen-bond donors (Lipinski definition) is 2. The van der Waals surface area contributed by atoms with Gasteiger partial charge in [-0.1, -0.05) is 60.1 Å². The molecule has 0 aliphatic heterocycles. The van der Waals surface area contributed by atoms with Gasteiger partial charge in [0.15, 0.2) is 0 Å². The Balaban J connectivity index is 1.35. The fraction of sp³-hybridized carbons (Fsp3) is 0.115. The van der Waals surface area contributed by atoms with Crippen LogP contribution in [0.3, 0.4) is 0 Å². The summed E-state index contributed by atoms with van der Waals surface area (Å²) < 4.78 is 15.6. The van der Waals surface area contributed by atoms with Crippen molar-refractivity contribution in [2.75, 3.05) is 5.32 Å². The van der Waals surface area contributed by atoms with E-state index in [2.05, 4.69) is 20.4 Å². The number of amides is 1. The zero-order valence-corrected chi connectivity index (χ0v) is 19.1. The van der Waals surface area contributed by atoms with E-state index in [1.165, 1.54) is 6.07 Å². The first-order chi connectivity index (χ1) is 16.5. The maximum atomic E-state index is 14.0. The van der Waals surface area contributed by atoms with Gasteiger partial charge in [0, 0.05) is 12.1 Å². The summed E-state index contributed by atoms with van der Waals surface area (Å²) in [6.07, 6.45) is 0.346. The topological polar surface area (TPSA) is 75.6 Å². The van der Waals surface area contributed by atoms with Crippen molar-refractivity contribution in [3.63, 3.8) is 0 Å². The highest BCUT2D eigenvalue weighted by Gasteiger charge is 2.21. The number of aromatic amines is 1. The molecule has 3 aromatic carbocycles. The summed E-state index contributed by atoms with van der Waals surface area (Å²) in [7, 11) is 0. The third-order valence-electron chi connectivity index (χ3n) is 5.57. The molecule has 0 saturated heterocycles. The van der Waals surface area contributed by atoms with Crippen LogP contribution in [0.5, 0.6) is 0 Å². The standard InChI is InChI=1S/C26H21ClFN5O/c1-16-24(25(27)33(32-16)15-17-7-3-2-4-8-17)26(34)29-19-11-12-21-22(14-19)31-23(30-21)13-18-9-5-6-10-20(18)28/h2-12,14H,13,15H2,1H3,(H,29,34)(H,30,31). The van der Waals surface area contributed by atoms with Gasteiger partial charge < -0.3 is 10.3 Å². The third kappa shape index (κ3) is 4.43. The largest absolute Gasteiger partial charge is 0.342 e. The molecule has 2 heterocycles. The summed E-state index contributed by atoms with van der Waals surface area (Å²) in [5, 5.41) is 7.62. The van der Waals surface area contributed by atoms with E-state index in [9.17, 15) is 9.18 Å². The van der Waals surface area contributed by atoms with Crippen LogP contribution in [0, 0.1) is 12.7 Å². The van der Waals surface area contributed by atoms with Crippen LogP contribution >= 0.6 is 11.6 Å². The van der Waals surface area contributed by atoms with Crippen LogP contribution in [0.15, 0.2) is 72.8 Å². The fourth-order valence-corrected chi connectivity index (χ4v) is 4.23. The van der Waals surface area contributed by atoms with Gasteiger partial charge in [0.25, 0.3) is 5.91 Å². The molecule has 2 N–H and O–H groups in total. The molecule has 5 rings (SSSR count).